The summed E-state index contributed by atoms with van der Waals surface area (Å²) in [6.45, 7) is 0.568. The molecule has 9 heteroatoms. The van der Waals surface area contributed by atoms with Crippen molar-refractivity contribution in [3.8, 4) is 0 Å². The van der Waals surface area contributed by atoms with Gasteiger partial charge in [-0.3, -0.25) is 24.3 Å². The Balaban J connectivity index is 1.50. The van der Waals surface area contributed by atoms with Gasteiger partial charge in [0.05, 0.1) is 11.9 Å². The molecule has 2 aliphatic carbocycles. The number of carbonyl (C=O) groups excluding carboxylic acids is 3. The molecule has 4 rings (SSSR count). The van der Waals surface area contributed by atoms with Gasteiger partial charge in [0, 0.05) is 32.1 Å². The van der Waals surface area contributed by atoms with Crippen molar-refractivity contribution in [3.63, 3.8) is 0 Å². The summed E-state index contributed by atoms with van der Waals surface area (Å²) in [6, 6.07) is -0.538. The van der Waals surface area contributed by atoms with Crippen molar-refractivity contribution in [2.75, 3.05) is 11.9 Å². The number of hydrogen-bond donors (Lipinski definition) is 3. The van der Waals surface area contributed by atoms with E-state index in [1.165, 1.54) is 0 Å². The minimum Gasteiger partial charge on any atom is -0.330 e. The van der Waals surface area contributed by atoms with E-state index in [9.17, 15) is 14.4 Å². The topological polar surface area (TPSA) is 117 Å². The Morgan fingerprint density at radius 3 is 2.63 bits per heavy atom. The van der Waals surface area contributed by atoms with Crippen LogP contribution in [0.1, 0.15) is 57.8 Å². The first-order valence-electron chi connectivity index (χ1n) is 10.9. The maximum atomic E-state index is 13.5. The summed E-state index contributed by atoms with van der Waals surface area (Å²) < 4.78 is 1.61. The zero-order valence-electron chi connectivity index (χ0n) is 17.5. The minimum atomic E-state index is -0.553. The maximum Gasteiger partial charge on any atom is 0.247 e. The highest BCUT2D eigenvalue weighted by molar-refractivity contribution is 5.98. The Morgan fingerprint density at radius 1 is 1.30 bits per heavy atom. The molecule has 1 spiro atoms. The lowest BCUT2D eigenvalue weighted by atomic mass is 9.89. The normalized spacial score (nSPS) is 23.5. The van der Waals surface area contributed by atoms with Crippen LogP contribution in [0, 0.1) is 17.3 Å². The quantitative estimate of drug-likeness (QED) is 0.462. The van der Waals surface area contributed by atoms with Crippen molar-refractivity contribution in [1.82, 2.24) is 20.2 Å². The van der Waals surface area contributed by atoms with Gasteiger partial charge >= 0.3 is 0 Å². The molecule has 0 unspecified atom stereocenters. The number of nitrogens with zero attached hydrogens (tertiary/aromatic N) is 3. The van der Waals surface area contributed by atoms with Crippen LogP contribution in [0.2, 0.25) is 0 Å². The molecule has 1 aliphatic heterocycles. The molecular formula is C21H31N5O4. The van der Waals surface area contributed by atoms with Gasteiger partial charge in [-0.15, -0.1) is 0 Å². The van der Waals surface area contributed by atoms with Gasteiger partial charge in [0.15, 0.2) is 0 Å². The number of carbonyl (C=O) groups is 3. The molecule has 3 aliphatic rings. The second-order valence-electron chi connectivity index (χ2n) is 9.40. The molecule has 1 aromatic heterocycles. The number of aryl methyl sites for hydroxylation is 1. The monoisotopic (exact) mass is 417 g/mol. The van der Waals surface area contributed by atoms with E-state index in [0.717, 1.165) is 38.5 Å². The zero-order chi connectivity index (χ0) is 21.3. The first kappa shape index (κ1) is 20.8. The van der Waals surface area contributed by atoms with Crippen LogP contribution in [0.3, 0.4) is 0 Å². The predicted molar refractivity (Wildman–Crippen MR) is 108 cm³/mol. The highest BCUT2D eigenvalue weighted by Crippen LogP contribution is 2.55. The lowest BCUT2D eigenvalue weighted by molar-refractivity contribution is -0.144. The number of amides is 3. The van der Waals surface area contributed by atoms with E-state index in [0.29, 0.717) is 31.0 Å². The predicted octanol–water partition coefficient (Wildman–Crippen LogP) is 1.83. The third-order valence-electron chi connectivity index (χ3n) is 7.02. The molecule has 2 heterocycles. The van der Waals surface area contributed by atoms with Crippen LogP contribution in [0.4, 0.5) is 5.69 Å². The van der Waals surface area contributed by atoms with Crippen LogP contribution in [0.5, 0.6) is 0 Å². The second-order valence-corrected chi connectivity index (χ2v) is 9.40. The van der Waals surface area contributed by atoms with Crippen molar-refractivity contribution in [2.45, 2.75) is 63.8 Å². The Hall–Kier alpha value is -2.42. The molecule has 0 bridgehead atoms. The van der Waals surface area contributed by atoms with Crippen molar-refractivity contribution < 1.29 is 19.6 Å². The fraction of sp³-hybridized carbons (Fsp3) is 0.714. The van der Waals surface area contributed by atoms with Crippen molar-refractivity contribution in [3.05, 3.63) is 12.4 Å². The lowest BCUT2D eigenvalue weighted by Gasteiger charge is -2.29. The average molecular weight is 418 g/mol. The summed E-state index contributed by atoms with van der Waals surface area (Å²) in [6.07, 6.45) is 11.0. The van der Waals surface area contributed by atoms with Crippen LogP contribution in [-0.4, -0.2) is 50.2 Å². The number of hydroxylamine groups is 1. The highest BCUT2D eigenvalue weighted by atomic mass is 16.5. The molecule has 3 amide bonds. The van der Waals surface area contributed by atoms with Gasteiger partial charge in [-0.1, -0.05) is 25.7 Å². The second kappa shape index (κ2) is 8.37. The van der Waals surface area contributed by atoms with Gasteiger partial charge < -0.3 is 10.2 Å². The number of likely N-dealkylation sites (tertiary alicyclic amines) is 1. The molecule has 30 heavy (non-hydrogen) atoms. The summed E-state index contributed by atoms with van der Waals surface area (Å²) in [5.74, 6) is -0.983. The molecule has 2 atom stereocenters. The van der Waals surface area contributed by atoms with Crippen LogP contribution in [0.25, 0.3) is 0 Å². The number of aromatic nitrogens is 2. The molecule has 3 N–H and O–H groups in total. The summed E-state index contributed by atoms with van der Waals surface area (Å²) in [5.41, 5.74) is 2.32. The largest absolute Gasteiger partial charge is 0.330 e. The van der Waals surface area contributed by atoms with Crippen LogP contribution >= 0.6 is 0 Å². The maximum absolute atomic E-state index is 13.5. The lowest BCUT2D eigenvalue weighted by Crippen LogP contribution is -2.46. The van der Waals surface area contributed by atoms with E-state index in [1.54, 1.807) is 34.5 Å². The van der Waals surface area contributed by atoms with E-state index >= 15 is 0 Å². The van der Waals surface area contributed by atoms with Crippen LogP contribution in [0.15, 0.2) is 12.4 Å². The van der Waals surface area contributed by atoms with E-state index in [2.05, 4.69) is 10.4 Å². The van der Waals surface area contributed by atoms with Crippen LogP contribution < -0.4 is 10.8 Å². The van der Waals surface area contributed by atoms with Gasteiger partial charge in [0.25, 0.3) is 0 Å². The smallest absolute Gasteiger partial charge is 0.247 e. The van der Waals surface area contributed by atoms with Crippen molar-refractivity contribution in [1.29, 1.82) is 0 Å². The molecule has 0 radical (unpaired) electrons. The number of nitrogens with one attached hydrogen (secondary N) is 2. The van der Waals surface area contributed by atoms with E-state index in [4.69, 9.17) is 5.21 Å². The molecule has 1 saturated heterocycles. The fourth-order valence-electron chi connectivity index (χ4n) is 5.20. The van der Waals surface area contributed by atoms with Gasteiger partial charge in [-0.25, -0.2) is 5.48 Å². The third kappa shape index (κ3) is 4.50. The van der Waals surface area contributed by atoms with Gasteiger partial charge in [-0.05, 0) is 37.0 Å². The Morgan fingerprint density at radius 2 is 2.03 bits per heavy atom. The van der Waals surface area contributed by atoms with E-state index in [-0.39, 0.29) is 23.7 Å². The Bertz CT molecular complexity index is 812. The SMILES string of the molecule is Cn1cc(NC(=O)[C@@H]2CC3(CC3)CN2C(=O)[C@@H](CC(=O)NO)CC2CCCC2)cn1. The van der Waals surface area contributed by atoms with Crippen molar-refractivity contribution >= 4 is 23.4 Å². The standard InChI is InChI=1S/C21H31N5O4/c1-25-12-16(11-22-25)23-19(28)17-10-21(6-7-21)13-26(17)20(29)15(9-18(27)24-30)8-14-4-2-3-5-14/h11-12,14-15,17,30H,2-10,13H2,1H3,(H,23,28)(H,24,27)/t15-,17+/m1/s1. The van der Waals surface area contributed by atoms with Gasteiger partial charge in [0.1, 0.15) is 6.04 Å². The zero-order valence-corrected chi connectivity index (χ0v) is 17.5. The van der Waals surface area contributed by atoms with Crippen molar-refractivity contribution in [2.24, 2.45) is 24.3 Å². The molecule has 0 aromatic carbocycles. The molecule has 1 aromatic rings. The number of rotatable bonds is 7. The summed E-state index contributed by atoms with van der Waals surface area (Å²) in [5, 5.41) is 16.0. The minimum absolute atomic E-state index is 0.0454. The Labute approximate surface area is 176 Å². The fourth-order valence-corrected chi connectivity index (χ4v) is 5.20. The molecule has 2 saturated carbocycles. The van der Waals surface area contributed by atoms with Gasteiger partial charge in [-0.2, -0.15) is 5.10 Å². The first-order valence-corrected chi connectivity index (χ1v) is 10.9. The first-order chi connectivity index (χ1) is 14.4. The Kier molecular flexibility index (Phi) is 5.81. The van der Waals surface area contributed by atoms with Gasteiger partial charge in [0.2, 0.25) is 17.7 Å². The van der Waals surface area contributed by atoms with Crippen LogP contribution in [-0.2, 0) is 21.4 Å². The summed E-state index contributed by atoms with van der Waals surface area (Å²) in [7, 11) is 1.78. The van der Waals surface area contributed by atoms with E-state index < -0.39 is 17.9 Å². The molecule has 164 valence electrons. The number of hydrogen-bond acceptors (Lipinski definition) is 5. The molecule has 9 nitrogen and oxygen atoms in total. The highest BCUT2D eigenvalue weighted by Gasteiger charge is 2.55. The average Bonchev–Trinajstić information content (AvgIpc) is 3.08. The molecule has 3 fully saturated rings. The third-order valence-corrected chi connectivity index (χ3v) is 7.02. The summed E-state index contributed by atoms with van der Waals surface area (Å²) >= 11 is 0. The van der Waals surface area contributed by atoms with E-state index in [1.807, 2.05) is 0 Å². The molecular weight excluding hydrogens is 386 g/mol. The summed E-state index contributed by atoms with van der Waals surface area (Å²) in [4.78, 5) is 40.2. The number of anilines is 1.